The summed E-state index contributed by atoms with van der Waals surface area (Å²) in [5, 5.41) is 0. The predicted octanol–water partition coefficient (Wildman–Crippen LogP) is 3.32. The smallest absolute Gasteiger partial charge is 0.0474 e. The van der Waals surface area contributed by atoms with Crippen LogP contribution in [-0.4, -0.2) is 13.1 Å². The standard InChI is InChI=1S/C13H17N/c1-9-10(2)12-7-5-6-8-13(12)14(4)11(9)3/h5-8,11H,1-4H3. The normalized spacial score (nSPS) is 21.1. The van der Waals surface area contributed by atoms with Gasteiger partial charge in [0.2, 0.25) is 0 Å². The second kappa shape index (κ2) is 3.16. The lowest BCUT2D eigenvalue weighted by atomic mass is 9.91. The van der Waals surface area contributed by atoms with Gasteiger partial charge in [-0.25, -0.2) is 0 Å². The van der Waals surface area contributed by atoms with Crippen molar-refractivity contribution in [3.05, 3.63) is 35.4 Å². The van der Waals surface area contributed by atoms with Gasteiger partial charge >= 0.3 is 0 Å². The quantitative estimate of drug-likeness (QED) is 0.602. The van der Waals surface area contributed by atoms with Crippen molar-refractivity contribution in [1.29, 1.82) is 0 Å². The zero-order valence-corrected chi connectivity index (χ0v) is 9.33. The summed E-state index contributed by atoms with van der Waals surface area (Å²) in [7, 11) is 2.17. The van der Waals surface area contributed by atoms with Crippen LogP contribution in [0, 0.1) is 0 Å². The molecule has 0 N–H and O–H groups in total. The van der Waals surface area contributed by atoms with Gasteiger partial charge in [-0.2, -0.15) is 0 Å². The minimum Gasteiger partial charge on any atom is -0.368 e. The Kier molecular flexibility index (Phi) is 2.10. The molecule has 1 unspecified atom stereocenters. The van der Waals surface area contributed by atoms with Crippen molar-refractivity contribution < 1.29 is 0 Å². The summed E-state index contributed by atoms with van der Waals surface area (Å²) in [5.41, 5.74) is 5.64. The molecule has 0 aromatic heterocycles. The van der Waals surface area contributed by atoms with E-state index in [0.717, 1.165) is 0 Å². The molecule has 0 radical (unpaired) electrons. The number of nitrogens with zero attached hydrogens (tertiary/aromatic N) is 1. The number of likely N-dealkylation sites (N-methyl/N-ethyl adjacent to an activating group) is 1. The van der Waals surface area contributed by atoms with Gasteiger partial charge in [0.05, 0.1) is 0 Å². The Hall–Kier alpha value is -1.24. The van der Waals surface area contributed by atoms with Gasteiger partial charge in [-0.1, -0.05) is 18.2 Å². The molecule has 0 saturated heterocycles. The first-order valence-electron chi connectivity index (χ1n) is 5.12. The fourth-order valence-corrected chi connectivity index (χ4v) is 2.12. The lowest BCUT2D eigenvalue weighted by Gasteiger charge is -2.35. The summed E-state index contributed by atoms with van der Waals surface area (Å²) >= 11 is 0. The first kappa shape index (κ1) is 9.32. The van der Waals surface area contributed by atoms with Gasteiger partial charge in [0.15, 0.2) is 0 Å². The van der Waals surface area contributed by atoms with Crippen LogP contribution in [0.3, 0.4) is 0 Å². The van der Waals surface area contributed by atoms with Crippen molar-refractivity contribution in [2.45, 2.75) is 26.8 Å². The number of allylic oxidation sites excluding steroid dienone is 1. The van der Waals surface area contributed by atoms with Gasteiger partial charge in [0, 0.05) is 24.3 Å². The van der Waals surface area contributed by atoms with E-state index in [1.807, 2.05) is 0 Å². The molecule has 0 spiro atoms. The second-order valence-corrected chi connectivity index (χ2v) is 4.11. The SMILES string of the molecule is CC1=C(C)C(C)N(C)c2ccccc21. The van der Waals surface area contributed by atoms with E-state index in [-0.39, 0.29) is 0 Å². The summed E-state index contributed by atoms with van der Waals surface area (Å²) in [6.45, 7) is 6.71. The molecule has 1 aliphatic rings. The largest absolute Gasteiger partial charge is 0.368 e. The Morgan fingerprint density at radius 1 is 1.14 bits per heavy atom. The molecular weight excluding hydrogens is 170 g/mol. The molecule has 1 aliphatic heterocycles. The maximum Gasteiger partial charge on any atom is 0.0474 e. The molecule has 0 amide bonds. The minimum absolute atomic E-state index is 0.518. The minimum atomic E-state index is 0.518. The first-order valence-corrected chi connectivity index (χ1v) is 5.12. The van der Waals surface area contributed by atoms with Crippen molar-refractivity contribution in [3.63, 3.8) is 0 Å². The van der Waals surface area contributed by atoms with Crippen LogP contribution in [0.5, 0.6) is 0 Å². The van der Waals surface area contributed by atoms with Crippen LogP contribution < -0.4 is 4.90 Å². The Bertz CT molecular complexity index is 390. The third-order valence-corrected chi connectivity index (χ3v) is 3.49. The van der Waals surface area contributed by atoms with E-state index in [1.54, 1.807) is 0 Å². The topological polar surface area (TPSA) is 3.24 Å². The highest BCUT2D eigenvalue weighted by molar-refractivity contribution is 5.81. The van der Waals surface area contributed by atoms with E-state index >= 15 is 0 Å². The molecule has 1 aromatic carbocycles. The van der Waals surface area contributed by atoms with E-state index < -0.39 is 0 Å². The van der Waals surface area contributed by atoms with Crippen molar-refractivity contribution >= 4 is 11.3 Å². The van der Waals surface area contributed by atoms with Gasteiger partial charge in [-0.3, -0.25) is 0 Å². The Balaban J connectivity index is 2.65. The highest BCUT2D eigenvalue weighted by atomic mass is 15.1. The molecule has 74 valence electrons. The molecule has 2 rings (SSSR count). The van der Waals surface area contributed by atoms with Gasteiger partial charge < -0.3 is 4.90 Å². The van der Waals surface area contributed by atoms with E-state index in [9.17, 15) is 0 Å². The van der Waals surface area contributed by atoms with Crippen molar-refractivity contribution in [3.8, 4) is 0 Å². The van der Waals surface area contributed by atoms with Crippen LogP contribution in [0.4, 0.5) is 5.69 Å². The Morgan fingerprint density at radius 2 is 1.79 bits per heavy atom. The Morgan fingerprint density at radius 3 is 2.50 bits per heavy atom. The van der Waals surface area contributed by atoms with Gasteiger partial charge in [0.25, 0.3) is 0 Å². The molecule has 1 heterocycles. The lowest BCUT2D eigenvalue weighted by molar-refractivity contribution is 0.768. The maximum absolute atomic E-state index is 2.34. The van der Waals surface area contributed by atoms with Gasteiger partial charge in [-0.15, -0.1) is 0 Å². The monoisotopic (exact) mass is 187 g/mol. The highest BCUT2D eigenvalue weighted by Gasteiger charge is 2.22. The van der Waals surface area contributed by atoms with Crippen LogP contribution in [0.15, 0.2) is 29.8 Å². The number of fused-ring (bicyclic) bond motifs is 1. The zero-order chi connectivity index (χ0) is 10.3. The number of hydrogen-bond donors (Lipinski definition) is 0. The fraction of sp³-hybridized carbons (Fsp3) is 0.385. The summed E-state index contributed by atoms with van der Waals surface area (Å²) in [5.74, 6) is 0. The van der Waals surface area contributed by atoms with Crippen LogP contribution >= 0.6 is 0 Å². The molecule has 0 saturated carbocycles. The average molecular weight is 187 g/mol. The Labute approximate surface area is 86.1 Å². The summed E-state index contributed by atoms with van der Waals surface area (Å²) in [6, 6.07) is 9.14. The van der Waals surface area contributed by atoms with Crippen LogP contribution in [-0.2, 0) is 0 Å². The third-order valence-electron chi connectivity index (χ3n) is 3.49. The molecule has 1 atom stereocenters. The average Bonchev–Trinajstić information content (AvgIpc) is 2.23. The first-order chi connectivity index (χ1) is 6.63. The number of benzene rings is 1. The van der Waals surface area contributed by atoms with Crippen molar-refractivity contribution in [1.82, 2.24) is 0 Å². The molecule has 0 fully saturated rings. The predicted molar refractivity (Wildman–Crippen MR) is 62.6 cm³/mol. The van der Waals surface area contributed by atoms with E-state index in [0.29, 0.717) is 6.04 Å². The molecule has 1 aromatic rings. The number of hydrogen-bond acceptors (Lipinski definition) is 1. The third kappa shape index (κ3) is 1.16. The van der Waals surface area contributed by atoms with Gasteiger partial charge in [-0.05, 0) is 38.0 Å². The van der Waals surface area contributed by atoms with E-state index in [2.05, 4.69) is 57.0 Å². The van der Waals surface area contributed by atoms with Gasteiger partial charge in [0.1, 0.15) is 0 Å². The van der Waals surface area contributed by atoms with Crippen molar-refractivity contribution in [2.24, 2.45) is 0 Å². The zero-order valence-electron chi connectivity index (χ0n) is 9.33. The number of rotatable bonds is 0. The van der Waals surface area contributed by atoms with Crippen LogP contribution in [0.2, 0.25) is 0 Å². The van der Waals surface area contributed by atoms with E-state index in [4.69, 9.17) is 0 Å². The molecular formula is C13H17N. The second-order valence-electron chi connectivity index (χ2n) is 4.11. The summed E-state index contributed by atoms with van der Waals surface area (Å²) in [4.78, 5) is 2.34. The van der Waals surface area contributed by atoms with E-state index in [1.165, 1.54) is 22.4 Å². The number of anilines is 1. The summed E-state index contributed by atoms with van der Waals surface area (Å²) < 4.78 is 0. The highest BCUT2D eigenvalue weighted by Crippen LogP contribution is 2.36. The van der Waals surface area contributed by atoms with Crippen molar-refractivity contribution in [2.75, 3.05) is 11.9 Å². The summed E-state index contributed by atoms with van der Waals surface area (Å²) in [6.07, 6.45) is 0. The maximum atomic E-state index is 2.34. The lowest BCUT2D eigenvalue weighted by Crippen LogP contribution is -2.33. The number of para-hydroxylation sites is 1. The van der Waals surface area contributed by atoms with Crippen LogP contribution in [0.1, 0.15) is 26.3 Å². The van der Waals surface area contributed by atoms with Crippen LogP contribution in [0.25, 0.3) is 5.57 Å². The molecule has 1 nitrogen and oxygen atoms in total. The fourth-order valence-electron chi connectivity index (χ4n) is 2.12. The molecule has 1 heteroatoms. The molecule has 0 bridgehead atoms. The molecule has 14 heavy (non-hydrogen) atoms. The molecule has 0 aliphatic carbocycles.